The Hall–Kier alpha value is -2.88. The number of nitrogens with one attached hydrogen (secondary N) is 2. The summed E-state index contributed by atoms with van der Waals surface area (Å²) in [4.78, 5) is 28.6. The van der Waals surface area contributed by atoms with Crippen molar-refractivity contribution >= 4 is 39.4 Å². The van der Waals surface area contributed by atoms with E-state index in [1.807, 2.05) is 17.3 Å². The zero-order chi connectivity index (χ0) is 20.0. The summed E-state index contributed by atoms with van der Waals surface area (Å²) in [6, 6.07) is 4.82. The van der Waals surface area contributed by atoms with Gasteiger partial charge in [0.05, 0.1) is 7.11 Å². The Morgan fingerprint density at radius 3 is 2.86 bits per heavy atom. The summed E-state index contributed by atoms with van der Waals surface area (Å²) in [7, 11) is 3.68. The minimum absolute atomic E-state index is 0.105. The molecule has 0 unspecified atom stereocenters. The first-order chi connectivity index (χ1) is 14.1. The van der Waals surface area contributed by atoms with Crippen molar-refractivity contribution in [2.45, 2.75) is 18.9 Å². The molecular formula is C19H23N7O2S. The van der Waals surface area contributed by atoms with E-state index in [1.54, 1.807) is 0 Å². The fourth-order valence-corrected chi connectivity index (χ4v) is 5.25. The van der Waals surface area contributed by atoms with Crippen LogP contribution in [0.3, 0.4) is 0 Å². The highest BCUT2D eigenvalue weighted by atomic mass is 32.1. The van der Waals surface area contributed by atoms with Gasteiger partial charge in [-0.05, 0) is 36.8 Å². The molecular weight excluding hydrogens is 390 g/mol. The molecule has 1 aliphatic carbocycles. The van der Waals surface area contributed by atoms with Gasteiger partial charge in [0.25, 0.3) is 0 Å². The summed E-state index contributed by atoms with van der Waals surface area (Å²) in [6.45, 7) is 1.57. The van der Waals surface area contributed by atoms with E-state index in [0.717, 1.165) is 48.5 Å². The van der Waals surface area contributed by atoms with Crippen molar-refractivity contribution in [1.82, 2.24) is 24.2 Å². The van der Waals surface area contributed by atoms with Crippen LogP contribution in [0.1, 0.15) is 12.8 Å². The lowest BCUT2D eigenvalue weighted by atomic mass is 10.0. The molecule has 3 aromatic heterocycles. The summed E-state index contributed by atoms with van der Waals surface area (Å²) in [6.07, 6.45) is 5.97. The first-order valence-corrected chi connectivity index (χ1v) is 10.5. The van der Waals surface area contributed by atoms with Crippen molar-refractivity contribution in [3.63, 3.8) is 0 Å². The number of hydrogen-bond acceptors (Lipinski definition) is 7. The molecule has 0 spiro atoms. The smallest absolute Gasteiger partial charge is 0.329 e. The average molecular weight is 414 g/mol. The number of likely N-dealkylation sites (tertiary alicyclic amines) is 1. The van der Waals surface area contributed by atoms with Gasteiger partial charge in [0.1, 0.15) is 5.65 Å². The number of aromatic nitrogens is 4. The number of carbonyl (C=O) groups excluding carboxylic acids is 1. The third-order valence-corrected chi connectivity index (χ3v) is 6.80. The van der Waals surface area contributed by atoms with E-state index >= 15 is 0 Å². The predicted octanol–water partition coefficient (Wildman–Crippen LogP) is 2.80. The second-order valence-electron chi connectivity index (χ2n) is 7.75. The van der Waals surface area contributed by atoms with Gasteiger partial charge < -0.3 is 19.5 Å². The van der Waals surface area contributed by atoms with Gasteiger partial charge in [-0.1, -0.05) is 0 Å². The Morgan fingerprint density at radius 1 is 1.34 bits per heavy atom. The van der Waals surface area contributed by atoms with Crippen molar-refractivity contribution in [3.05, 3.63) is 24.5 Å². The molecule has 2 N–H and O–H groups in total. The van der Waals surface area contributed by atoms with Crippen molar-refractivity contribution < 1.29 is 9.53 Å². The number of ether oxygens (including phenoxy) is 1. The number of aromatic amines is 1. The van der Waals surface area contributed by atoms with Crippen LogP contribution >= 0.6 is 11.5 Å². The van der Waals surface area contributed by atoms with E-state index in [4.69, 9.17) is 4.74 Å². The highest BCUT2D eigenvalue weighted by molar-refractivity contribution is 7.10. The van der Waals surface area contributed by atoms with Crippen molar-refractivity contribution in [2.24, 2.45) is 11.8 Å². The number of hydrogen-bond donors (Lipinski definition) is 2. The summed E-state index contributed by atoms with van der Waals surface area (Å²) in [5.41, 5.74) is 2.13. The molecule has 1 saturated heterocycles. The van der Waals surface area contributed by atoms with Gasteiger partial charge in [0.15, 0.2) is 0 Å². The Bertz CT molecular complexity index is 1020. The van der Waals surface area contributed by atoms with E-state index < -0.39 is 0 Å². The molecule has 2 fully saturated rings. The Balaban J connectivity index is 1.21. The maximum atomic E-state index is 12.6. The standard InChI is InChI=1S/C19H23N7O2S/c1-25(15-4-6-21-16-14(15)3-5-20-16)13-7-11-9-26(10-12(11)8-13)19(27)23-18-22-17(28-2)24-29-18/h3-6,11-13H,7-10H2,1-2H3,(H,20,21)(H,22,23,24,27)/t11-,12+,13+. The second-order valence-corrected chi connectivity index (χ2v) is 8.50. The molecule has 3 atom stereocenters. The van der Waals surface area contributed by atoms with Gasteiger partial charge in [-0.2, -0.15) is 4.98 Å². The zero-order valence-electron chi connectivity index (χ0n) is 16.3. The second kappa shape index (κ2) is 7.18. The quantitative estimate of drug-likeness (QED) is 0.682. The Labute approximate surface area is 172 Å². The molecule has 0 bridgehead atoms. The largest absolute Gasteiger partial charge is 0.466 e. The van der Waals surface area contributed by atoms with Crippen LogP contribution in [-0.2, 0) is 0 Å². The number of anilines is 2. The third kappa shape index (κ3) is 3.27. The summed E-state index contributed by atoms with van der Waals surface area (Å²) >= 11 is 1.13. The molecule has 0 aromatic carbocycles. The lowest BCUT2D eigenvalue weighted by Gasteiger charge is -2.29. The average Bonchev–Trinajstić information content (AvgIpc) is 3.48. The van der Waals surface area contributed by atoms with Gasteiger partial charge >= 0.3 is 12.0 Å². The van der Waals surface area contributed by atoms with Crippen LogP contribution in [0.4, 0.5) is 15.6 Å². The SMILES string of the molecule is COc1nsc(NC(=O)N2C[C@H]3C[C@H](N(C)c4ccnc5[nH]ccc45)C[C@H]3C2)n1. The van der Waals surface area contributed by atoms with Crippen LogP contribution in [0.5, 0.6) is 6.01 Å². The Kier molecular flexibility index (Phi) is 4.50. The highest BCUT2D eigenvalue weighted by Gasteiger charge is 2.43. The first kappa shape index (κ1) is 18.2. The fraction of sp³-hybridized carbons (Fsp3) is 0.474. The number of H-pyrrole nitrogens is 1. The number of fused-ring (bicyclic) bond motifs is 2. The highest BCUT2D eigenvalue weighted by Crippen LogP contribution is 2.42. The number of amides is 2. The molecule has 10 heteroatoms. The lowest BCUT2D eigenvalue weighted by Crippen LogP contribution is -2.36. The third-order valence-electron chi connectivity index (χ3n) is 6.18. The maximum Gasteiger partial charge on any atom is 0.329 e. The predicted molar refractivity (Wildman–Crippen MR) is 112 cm³/mol. The fourth-order valence-electron chi connectivity index (χ4n) is 4.71. The van der Waals surface area contributed by atoms with Crippen LogP contribution in [0.15, 0.2) is 24.5 Å². The van der Waals surface area contributed by atoms with Crippen LogP contribution in [-0.4, -0.2) is 63.5 Å². The molecule has 2 amide bonds. The van der Waals surface area contributed by atoms with Crippen molar-refractivity contribution in [1.29, 1.82) is 0 Å². The number of nitrogens with zero attached hydrogens (tertiary/aromatic N) is 5. The number of rotatable bonds is 4. The molecule has 9 nitrogen and oxygen atoms in total. The van der Waals surface area contributed by atoms with Gasteiger partial charge in [0, 0.05) is 61.2 Å². The topological polar surface area (TPSA) is 99.3 Å². The van der Waals surface area contributed by atoms with Gasteiger partial charge in [-0.15, -0.1) is 4.37 Å². The molecule has 1 aliphatic heterocycles. The minimum Gasteiger partial charge on any atom is -0.466 e. The number of urea groups is 1. The van der Waals surface area contributed by atoms with E-state index in [-0.39, 0.29) is 12.0 Å². The molecule has 3 aromatic rings. The molecule has 152 valence electrons. The minimum atomic E-state index is -0.105. The monoisotopic (exact) mass is 413 g/mol. The summed E-state index contributed by atoms with van der Waals surface area (Å²) < 4.78 is 8.98. The molecule has 4 heterocycles. The maximum absolute atomic E-state index is 12.6. The van der Waals surface area contributed by atoms with Gasteiger partial charge in [0.2, 0.25) is 5.13 Å². The molecule has 1 saturated carbocycles. The number of pyridine rings is 1. The normalized spacial score (nSPS) is 23.4. The van der Waals surface area contributed by atoms with E-state index in [0.29, 0.717) is 23.0 Å². The zero-order valence-corrected chi connectivity index (χ0v) is 17.1. The Morgan fingerprint density at radius 2 is 2.14 bits per heavy atom. The molecule has 0 radical (unpaired) electrons. The molecule has 29 heavy (non-hydrogen) atoms. The number of methoxy groups -OCH3 is 1. The lowest BCUT2D eigenvalue weighted by molar-refractivity contribution is 0.218. The first-order valence-electron chi connectivity index (χ1n) is 9.71. The summed E-state index contributed by atoms with van der Waals surface area (Å²) in [5, 5.41) is 4.46. The van der Waals surface area contributed by atoms with Gasteiger partial charge in [-0.3, -0.25) is 5.32 Å². The van der Waals surface area contributed by atoms with Gasteiger partial charge in [-0.25, -0.2) is 9.78 Å². The van der Waals surface area contributed by atoms with E-state index in [1.165, 1.54) is 12.8 Å². The summed E-state index contributed by atoms with van der Waals surface area (Å²) in [5.74, 6) is 1.06. The van der Waals surface area contributed by atoms with E-state index in [2.05, 4.69) is 48.7 Å². The van der Waals surface area contributed by atoms with Crippen LogP contribution in [0.25, 0.3) is 11.0 Å². The van der Waals surface area contributed by atoms with Crippen molar-refractivity contribution in [2.75, 3.05) is 37.5 Å². The van der Waals surface area contributed by atoms with E-state index in [9.17, 15) is 4.79 Å². The van der Waals surface area contributed by atoms with Crippen LogP contribution < -0.4 is 15.0 Å². The molecule has 2 aliphatic rings. The van der Waals surface area contributed by atoms with Crippen molar-refractivity contribution in [3.8, 4) is 6.01 Å². The molecule has 5 rings (SSSR count). The van der Waals surface area contributed by atoms with Crippen LogP contribution in [0.2, 0.25) is 0 Å². The number of carbonyl (C=O) groups is 1. The van der Waals surface area contributed by atoms with Crippen LogP contribution in [0, 0.1) is 11.8 Å².